The number of benzene rings is 2. The first kappa shape index (κ1) is 17.8. The van der Waals surface area contributed by atoms with Crippen molar-refractivity contribution in [2.24, 2.45) is 0 Å². The minimum atomic E-state index is -1.20. The highest BCUT2D eigenvalue weighted by atomic mass is 79.9. The standard InChI is InChI=1S/C19H16BrFN2O4/c1-2-19(12-3-5-13(21)6-4-12)17(24)23(18(25)22-19)9-11-7-15-16(8-14(11)20)27-10-26-15/h3-8H,2,9-10H2,1H3,(H,22,25)/t19-/m1/s1. The molecule has 2 aliphatic rings. The van der Waals surface area contributed by atoms with Gasteiger partial charge in [-0.25, -0.2) is 9.18 Å². The first-order chi connectivity index (χ1) is 12.9. The van der Waals surface area contributed by atoms with Crippen molar-refractivity contribution in [2.45, 2.75) is 25.4 Å². The van der Waals surface area contributed by atoms with Gasteiger partial charge in [-0.3, -0.25) is 9.69 Å². The van der Waals surface area contributed by atoms with Crippen molar-refractivity contribution in [2.75, 3.05) is 6.79 Å². The van der Waals surface area contributed by atoms with Crippen LogP contribution in [0.1, 0.15) is 24.5 Å². The molecule has 2 aromatic carbocycles. The molecule has 6 nitrogen and oxygen atoms in total. The van der Waals surface area contributed by atoms with Gasteiger partial charge in [-0.1, -0.05) is 35.0 Å². The number of nitrogens with zero attached hydrogens (tertiary/aromatic N) is 1. The van der Waals surface area contributed by atoms with E-state index in [0.29, 0.717) is 33.5 Å². The van der Waals surface area contributed by atoms with Crippen molar-refractivity contribution < 1.29 is 23.5 Å². The van der Waals surface area contributed by atoms with E-state index in [1.807, 2.05) is 6.92 Å². The lowest BCUT2D eigenvalue weighted by molar-refractivity contribution is -0.132. The number of carbonyl (C=O) groups excluding carboxylic acids is 2. The second kappa shape index (κ2) is 6.53. The molecule has 4 rings (SSSR count). The zero-order valence-electron chi connectivity index (χ0n) is 14.4. The largest absolute Gasteiger partial charge is 0.454 e. The summed E-state index contributed by atoms with van der Waals surface area (Å²) in [5, 5.41) is 2.79. The zero-order valence-corrected chi connectivity index (χ0v) is 16.0. The molecule has 8 heteroatoms. The number of hydrogen-bond donors (Lipinski definition) is 1. The minimum absolute atomic E-state index is 0.0742. The molecule has 0 aliphatic carbocycles. The summed E-state index contributed by atoms with van der Waals surface area (Å²) in [4.78, 5) is 26.9. The van der Waals surface area contributed by atoms with E-state index in [1.54, 1.807) is 12.1 Å². The Hall–Kier alpha value is -2.61. The molecule has 0 unspecified atom stereocenters. The van der Waals surface area contributed by atoms with Crippen molar-refractivity contribution >= 4 is 27.9 Å². The molecule has 0 spiro atoms. The van der Waals surface area contributed by atoms with Crippen LogP contribution in [0.15, 0.2) is 40.9 Å². The third-order valence-electron chi connectivity index (χ3n) is 4.91. The summed E-state index contributed by atoms with van der Waals surface area (Å²) in [5.74, 6) is 0.409. The first-order valence-electron chi connectivity index (χ1n) is 8.43. The Bertz CT molecular complexity index is 934. The monoisotopic (exact) mass is 434 g/mol. The maximum atomic E-state index is 13.3. The highest BCUT2D eigenvalue weighted by Gasteiger charge is 2.51. The van der Waals surface area contributed by atoms with Crippen LogP contribution in [-0.4, -0.2) is 23.6 Å². The summed E-state index contributed by atoms with van der Waals surface area (Å²) in [6.45, 7) is 2.02. The average molecular weight is 435 g/mol. The molecular formula is C19H16BrFN2O4. The Kier molecular flexibility index (Phi) is 4.30. The molecule has 3 amide bonds. The first-order valence-corrected chi connectivity index (χ1v) is 9.22. The van der Waals surface area contributed by atoms with E-state index in [4.69, 9.17) is 9.47 Å². The molecule has 1 N–H and O–H groups in total. The minimum Gasteiger partial charge on any atom is -0.454 e. The number of rotatable bonds is 4. The van der Waals surface area contributed by atoms with Crippen LogP contribution in [0.25, 0.3) is 0 Å². The van der Waals surface area contributed by atoms with Gasteiger partial charge in [-0.15, -0.1) is 0 Å². The van der Waals surface area contributed by atoms with E-state index < -0.39 is 17.4 Å². The van der Waals surface area contributed by atoms with Crippen LogP contribution < -0.4 is 14.8 Å². The van der Waals surface area contributed by atoms with Crippen molar-refractivity contribution in [1.29, 1.82) is 0 Å². The fraction of sp³-hybridized carbons (Fsp3) is 0.263. The normalized spacial score (nSPS) is 20.9. The second-order valence-corrected chi connectivity index (χ2v) is 7.24. The predicted molar refractivity (Wildman–Crippen MR) is 97.7 cm³/mol. The summed E-state index contributed by atoms with van der Waals surface area (Å²) in [6.07, 6.45) is 0.349. The van der Waals surface area contributed by atoms with Crippen molar-refractivity contribution in [3.05, 3.63) is 57.8 Å². The summed E-state index contributed by atoms with van der Waals surface area (Å²) in [7, 11) is 0. The molecule has 1 saturated heterocycles. The number of hydrogen-bond acceptors (Lipinski definition) is 4. The van der Waals surface area contributed by atoms with Gasteiger partial charge in [0, 0.05) is 4.47 Å². The van der Waals surface area contributed by atoms with Crippen molar-refractivity contribution in [3.8, 4) is 11.5 Å². The molecule has 2 aliphatic heterocycles. The topological polar surface area (TPSA) is 67.9 Å². The quantitative estimate of drug-likeness (QED) is 0.745. The summed E-state index contributed by atoms with van der Waals surface area (Å²) in [6, 6.07) is 8.62. The SMILES string of the molecule is CC[C@]1(c2ccc(F)cc2)NC(=O)N(Cc2cc3c(cc2Br)OCO3)C1=O. The Balaban J connectivity index is 1.66. The lowest BCUT2D eigenvalue weighted by Crippen LogP contribution is -2.43. The fourth-order valence-corrected chi connectivity index (χ4v) is 3.84. The number of urea groups is 1. The third kappa shape index (κ3) is 2.84. The number of amides is 3. The van der Waals surface area contributed by atoms with Crippen LogP contribution >= 0.6 is 15.9 Å². The molecule has 0 radical (unpaired) electrons. The van der Waals surface area contributed by atoms with Crippen molar-refractivity contribution in [3.63, 3.8) is 0 Å². The van der Waals surface area contributed by atoms with E-state index in [9.17, 15) is 14.0 Å². The number of nitrogens with one attached hydrogen (secondary N) is 1. The summed E-state index contributed by atoms with van der Waals surface area (Å²) in [5.41, 5.74) is 0.0684. The maximum absolute atomic E-state index is 13.3. The highest BCUT2D eigenvalue weighted by molar-refractivity contribution is 9.10. The van der Waals surface area contributed by atoms with Gasteiger partial charge in [0.05, 0.1) is 6.54 Å². The van der Waals surface area contributed by atoms with Gasteiger partial charge in [0.1, 0.15) is 11.4 Å². The molecular weight excluding hydrogens is 419 g/mol. The average Bonchev–Trinajstić information content (AvgIpc) is 3.20. The van der Waals surface area contributed by atoms with Gasteiger partial charge >= 0.3 is 6.03 Å². The molecule has 0 bridgehead atoms. The second-order valence-electron chi connectivity index (χ2n) is 6.38. The van der Waals surface area contributed by atoms with Gasteiger partial charge in [0.15, 0.2) is 11.5 Å². The van der Waals surface area contributed by atoms with E-state index >= 15 is 0 Å². The molecule has 140 valence electrons. The Morgan fingerprint density at radius 3 is 2.52 bits per heavy atom. The Labute approximate surface area is 163 Å². The van der Waals surface area contributed by atoms with Crippen LogP contribution in [0.2, 0.25) is 0 Å². The van der Waals surface area contributed by atoms with Crippen LogP contribution in [0.4, 0.5) is 9.18 Å². The number of fused-ring (bicyclic) bond motifs is 1. The molecule has 0 aromatic heterocycles. The van der Waals surface area contributed by atoms with Crippen LogP contribution in [-0.2, 0) is 16.9 Å². The van der Waals surface area contributed by atoms with Crippen LogP contribution in [0.5, 0.6) is 11.5 Å². The molecule has 2 heterocycles. The predicted octanol–water partition coefficient (Wildman–Crippen LogP) is 3.67. The summed E-state index contributed by atoms with van der Waals surface area (Å²) < 4.78 is 24.7. The third-order valence-corrected chi connectivity index (χ3v) is 5.65. The van der Waals surface area contributed by atoms with E-state index in [1.165, 1.54) is 24.3 Å². The van der Waals surface area contributed by atoms with E-state index in [2.05, 4.69) is 21.2 Å². The van der Waals surface area contributed by atoms with Gasteiger partial charge in [0.2, 0.25) is 6.79 Å². The fourth-order valence-electron chi connectivity index (χ4n) is 3.39. The van der Waals surface area contributed by atoms with Gasteiger partial charge in [-0.05, 0) is 41.8 Å². The smallest absolute Gasteiger partial charge is 0.325 e. The maximum Gasteiger partial charge on any atom is 0.325 e. The molecule has 1 atom stereocenters. The molecule has 0 saturated carbocycles. The molecule has 27 heavy (non-hydrogen) atoms. The van der Waals surface area contributed by atoms with Gasteiger partial charge < -0.3 is 14.8 Å². The number of imide groups is 1. The molecule has 2 aromatic rings. The lowest BCUT2D eigenvalue weighted by Gasteiger charge is -2.26. The zero-order chi connectivity index (χ0) is 19.2. The van der Waals surface area contributed by atoms with Crippen LogP contribution in [0, 0.1) is 5.82 Å². The highest BCUT2D eigenvalue weighted by Crippen LogP contribution is 2.39. The summed E-state index contributed by atoms with van der Waals surface area (Å²) >= 11 is 3.45. The van der Waals surface area contributed by atoms with Gasteiger partial charge in [-0.2, -0.15) is 0 Å². The van der Waals surface area contributed by atoms with E-state index in [-0.39, 0.29) is 19.2 Å². The number of ether oxygens (including phenoxy) is 2. The van der Waals surface area contributed by atoms with E-state index in [0.717, 1.165) is 4.90 Å². The number of carbonyl (C=O) groups is 2. The Morgan fingerprint density at radius 1 is 1.19 bits per heavy atom. The lowest BCUT2D eigenvalue weighted by atomic mass is 9.87. The van der Waals surface area contributed by atoms with Gasteiger partial charge in [0.25, 0.3) is 5.91 Å². The number of halogens is 2. The molecule has 1 fully saturated rings. The van der Waals surface area contributed by atoms with Crippen molar-refractivity contribution in [1.82, 2.24) is 10.2 Å². The Morgan fingerprint density at radius 2 is 1.85 bits per heavy atom. The van der Waals surface area contributed by atoms with Crippen LogP contribution in [0.3, 0.4) is 0 Å².